The topological polar surface area (TPSA) is 17.8 Å². The van der Waals surface area contributed by atoms with Gasteiger partial charge in [0.25, 0.3) is 0 Å². The van der Waals surface area contributed by atoms with Gasteiger partial charge >= 0.3 is 0 Å². The minimum Gasteiger partial charge on any atom is -0.309 e. The summed E-state index contributed by atoms with van der Waals surface area (Å²) in [5.41, 5.74) is 6.01. The van der Waals surface area contributed by atoms with Gasteiger partial charge in [-0.2, -0.15) is 0 Å². The van der Waals surface area contributed by atoms with Gasteiger partial charge in [-0.25, -0.2) is 0 Å². The molecule has 0 radical (unpaired) electrons. The molecular weight excluding hydrogens is 328 g/mol. The van der Waals surface area contributed by atoms with E-state index in [-0.39, 0.29) is 0 Å². The van der Waals surface area contributed by atoms with Crippen molar-refractivity contribution < 1.29 is 0 Å². The molecule has 0 saturated heterocycles. The van der Waals surface area contributed by atoms with Gasteiger partial charge in [0.15, 0.2) is 0 Å². The first-order valence-corrected chi connectivity index (χ1v) is 9.41. The molecule has 2 heteroatoms. The first-order chi connectivity index (χ1) is 13.4. The Morgan fingerprint density at radius 1 is 0.593 bits per heavy atom. The molecule has 5 aromatic rings. The maximum atomic E-state index is 4.12. The Bertz CT molecular complexity index is 1130. The zero-order valence-corrected chi connectivity index (χ0v) is 15.6. The molecule has 0 spiro atoms. The van der Waals surface area contributed by atoms with Crippen LogP contribution in [0.4, 0.5) is 0 Å². The van der Waals surface area contributed by atoms with Crippen LogP contribution < -0.4 is 0 Å². The number of fused-ring (bicyclic) bond motifs is 3. The fraction of sp³-hybridized carbons (Fsp3) is 0.0800. The third-order valence-electron chi connectivity index (χ3n) is 4.70. The molecule has 0 aliphatic rings. The molecular formula is C25H22N2. The lowest BCUT2D eigenvalue weighted by Crippen LogP contribution is -1.94. The Kier molecular flexibility index (Phi) is 4.71. The van der Waals surface area contributed by atoms with Crippen LogP contribution in [0.25, 0.3) is 38.6 Å². The molecule has 2 heterocycles. The quantitative estimate of drug-likeness (QED) is 0.339. The number of pyridine rings is 1. The molecule has 0 N–H and O–H groups in total. The van der Waals surface area contributed by atoms with Crippen LogP contribution in [0.1, 0.15) is 13.8 Å². The van der Waals surface area contributed by atoms with Gasteiger partial charge in [-0.1, -0.05) is 62.4 Å². The highest BCUT2D eigenvalue weighted by Gasteiger charge is 2.11. The van der Waals surface area contributed by atoms with Crippen molar-refractivity contribution in [3.8, 4) is 16.8 Å². The first kappa shape index (κ1) is 17.0. The third kappa shape index (κ3) is 3.00. The molecule has 3 aromatic carbocycles. The van der Waals surface area contributed by atoms with Crippen molar-refractivity contribution >= 4 is 21.8 Å². The van der Waals surface area contributed by atoms with E-state index >= 15 is 0 Å². The Morgan fingerprint density at radius 2 is 1.19 bits per heavy atom. The molecule has 0 aliphatic carbocycles. The predicted octanol–water partition coefficient (Wildman–Crippen LogP) is 6.87. The molecule has 27 heavy (non-hydrogen) atoms. The lowest BCUT2D eigenvalue weighted by molar-refractivity contribution is 1.18. The maximum absolute atomic E-state index is 4.12. The largest absolute Gasteiger partial charge is 0.309 e. The van der Waals surface area contributed by atoms with Gasteiger partial charge in [-0.3, -0.25) is 4.98 Å². The second-order valence-electron chi connectivity index (χ2n) is 6.16. The van der Waals surface area contributed by atoms with Crippen LogP contribution in [-0.4, -0.2) is 9.55 Å². The van der Waals surface area contributed by atoms with E-state index in [0.717, 1.165) is 0 Å². The number of benzene rings is 3. The summed E-state index contributed by atoms with van der Waals surface area (Å²) >= 11 is 0. The van der Waals surface area contributed by atoms with Crippen molar-refractivity contribution in [3.05, 3.63) is 97.3 Å². The molecule has 2 nitrogen and oxygen atoms in total. The molecule has 0 saturated carbocycles. The SMILES string of the molecule is CC.c1cc(-c2ccncc2)cc(-n2c3ccccc3c3ccccc32)c1. The second kappa shape index (κ2) is 7.46. The highest BCUT2D eigenvalue weighted by molar-refractivity contribution is 6.09. The van der Waals surface area contributed by atoms with E-state index in [1.165, 1.54) is 38.6 Å². The number of aromatic nitrogens is 2. The number of hydrogen-bond acceptors (Lipinski definition) is 1. The Labute approximate surface area is 159 Å². The molecule has 0 atom stereocenters. The summed E-state index contributed by atoms with van der Waals surface area (Å²) in [6.07, 6.45) is 3.67. The lowest BCUT2D eigenvalue weighted by atomic mass is 10.1. The normalized spacial score (nSPS) is 10.6. The molecule has 132 valence electrons. The van der Waals surface area contributed by atoms with E-state index < -0.39 is 0 Å². The van der Waals surface area contributed by atoms with Gasteiger partial charge < -0.3 is 4.57 Å². The van der Waals surface area contributed by atoms with Gasteiger partial charge in [0, 0.05) is 28.9 Å². The number of rotatable bonds is 2. The summed E-state index contributed by atoms with van der Waals surface area (Å²) in [5, 5.41) is 2.57. The lowest BCUT2D eigenvalue weighted by Gasteiger charge is -2.10. The highest BCUT2D eigenvalue weighted by atomic mass is 15.0. The van der Waals surface area contributed by atoms with Crippen LogP contribution in [0.2, 0.25) is 0 Å². The van der Waals surface area contributed by atoms with Crippen LogP contribution in [0.5, 0.6) is 0 Å². The van der Waals surface area contributed by atoms with E-state index in [0.29, 0.717) is 0 Å². The van der Waals surface area contributed by atoms with Crippen LogP contribution in [0.3, 0.4) is 0 Å². The third-order valence-corrected chi connectivity index (χ3v) is 4.70. The molecule has 0 aliphatic heterocycles. The minimum absolute atomic E-state index is 1.17. The second-order valence-corrected chi connectivity index (χ2v) is 6.16. The van der Waals surface area contributed by atoms with Gasteiger partial charge in [0.05, 0.1) is 11.0 Å². The average molecular weight is 350 g/mol. The van der Waals surface area contributed by atoms with Gasteiger partial charge in [0.2, 0.25) is 0 Å². The van der Waals surface area contributed by atoms with Crippen LogP contribution in [-0.2, 0) is 0 Å². The minimum atomic E-state index is 1.17. The van der Waals surface area contributed by atoms with Crippen molar-refractivity contribution in [2.24, 2.45) is 0 Å². The summed E-state index contributed by atoms with van der Waals surface area (Å²) in [4.78, 5) is 4.12. The zero-order chi connectivity index (χ0) is 18.6. The van der Waals surface area contributed by atoms with Gasteiger partial charge in [0.1, 0.15) is 0 Å². The summed E-state index contributed by atoms with van der Waals surface area (Å²) in [6, 6.07) is 30.0. The fourth-order valence-electron chi connectivity index (χ4n) is 3.57. The first-order valence-electron chi connectivity index (χ1n) is 9.41. The van der Waals surface area contributed by atoms with Crippen molar-refractivity contribution in [1.82, 2.24) is 9.55 Å². The Balaban J connectivity index is 0.000000872. The van der Waals surface area contributed by atoms with E-state index in [4.69, 9.17) is 0 Å². The van der Waals surface area contributed by atoms with Crippen molar-refractivity contribution in [3.63, 3.8) is 0 Å². The van der Waals surface area contributed by atoms with Crippen molar-refractivity contribution in [2.75, 3.05) is 0 Å². The van der Waals surface area contributed by atoms with Gasteiger partial charge in [-0.05, 0) is 47.5 Å². The van der Waals surface area contributed by atoms with Crippen LogP contribution in [0, 0.1) is 0 Å². The number of hydrogen-bond donors (Lipinski definition) is 0. The monoisotopic (exact) mass is 350 g/mol. The predicted molar refractivity (Wildman–Crippen MR) is 115 cm³/mol. The standard InChI is InChI=1S/C23H16N2.C2H6/c1-3-10-22-20(8-1)21-9-2-4-11-23(21)25(22)19-7-5-6-18(16-19)17-12-14-24-15-13-17;1-2/h1-16H;1-2H3. The summed E-state index contributed by atoms with van der Waals surface area (Å²) in [6.45, 7) is 4.00. The summed E-state index contributed by atoms with van der Waals surface area (Å²) in [7, 11) is 0. The number of para-hydroxylation sites is 2. The van der Waals surface area contributed by atoms with E-state index in [1.54, 1.807) is 0 Å². The summed E-state index contributed by atoms with van der Waals surface area (Å²) < 4.78 is 2.34. The van der Waals surface area contributed by atoms with Crippen molar-refractivity contribution in [2.45, 2.75) is 13.8 Å². The average Bonchev–Trinajstić information content (AvgIpc) is 3.10. The Morgan fingerprint density at radius 3 is 1.81 bits per heavy atom. The molecule has 0 unspecified atom stereocenters. The highest BCUT2D eigenvalue weighted by Crippen LogP contribution is 2.32. The van der Waals surface area contributed by atoms with Gasteiger partial charge in [-0.15, -0.1) is 0 Å². The van der Waals surface area contributed by atoms with E-state index in [1.807, 2.05) is 38.4 Å². The molecule has 5 rings (SSSR count). The molecule has 0 fully saturated rings. The van der Waals surface area contributed by atoms with Crippen LogP contribution in [0.15, 0.2) is 97.3 Å². The number of nitrogens with zero attached hydrogens (tertiary/aromatic N) is 2. The zero-order valence-electron chi connectivity index (χ0n) is 15.6. The smallest absolute Gasteiger partial charge is 0.0541 e. The molecule has 2 aromatic heterocycles. The van der Waals surface area contributed by atoms with Crippen molar-refractivity contribution in [1.29, 1.82) is 0 Å². The Hall–Kier alpha value is -3.39. The molecule has 0 amide bonds. The fourth-order valence-corrected chi connectivity index (χ4v) is 3.57. The van der Waals surface area contributed by atoms with E-state index in [9.17, 15) is 0 Å². The maximum Gasteiger partial charge on any atom is 0.0541 e. The van der Waals surface area contributed by atoms with Crippen LogP contribution >= 0.6 is 0 Å². The van der Waals surface area contributed by atoms with E-state index in [2.05, 4.69) is 82.3 Å². The molecule has 0 bridgehead atoms. The summed E-state index contributed by atoms with van der Waals surface area (Å²) in [5.74, 6) is 0.